The molecule has 1 unspecified atom stereocenters. The zero-order valence-corrected chi connectivity index (χ0v) is 12.2. The fraction of sp³-hybridized carbons (Fsp3) is 0.400. The molecule has 21 heavy (non-hydrogen) atoms. The monoisotopic (exact) mass is 292 g/mol. The Hall–Kier alpha value is -2.37. The van der Waals surface area contributed by atoms with E-state index >= 15 is 0 Å². The van der Waals surface area contributed by atoms with Crippen molar-refractivity contribution in [3.05, 3.63) is 29.8 Å². The molecule has 3 N–H and O–H groups in total. The van der Waals surface area contributed by atoms with Crippen LogP contribution in [0, 0.1) is 0 Å². The number of aliphatic carboxylic acids is 1. The molecule has 114 valence electrons. The Morgan fingerprint density at radius 3 is 2.62 bits per heavy atom. The lowest BCUT2D eigenvalue weighted by atomic mass is 10.1. The van der Waals surface area contributed by atoms with Crippen molar-refractivity contribution in [2.24, 2.45) is 0 Å². The second kappa shape index (κ2) is 8.04. The average Bonchev–Trinajstić information content (AvgIpc) is 2.37. The lowest BCUT2D eigenvalue weighted by Gasteiger charge is -2.14. The molecular formula is C15H20N2O4. The van der Waals surface area contributed by atoms with Crippen LogP contribution in [0.5, 0.6) is 0 Å². The Morgan fingerprint density at radius 2 is 2.00 bits per heavy atom. The Balaban J connectivity index is 2.54. The molecule has 0 bridgehead atoms. The van der Waals surface area contributed by atoms with E-state index in [2.05, 4.69) is 10.6 Å². The summed E-state index contributed by atoms with van der Waals surface area (Å²) in [5.74, 6) is -1.28. The van der Waals surface area contributed by atoms with Crippen molar-refractivity contribution in [1.82, 2.24) is 5.32 Å². The molecule has 0 aliphatic rings. The maximum atomic E-state index is 12.0. The molecule has 0 aliphatic heterocycles. The summed E-state index contributed by atoms with van der Waals surface area (Å²) in [6.45, 7) is 3.23. The number of nitrogens with one attached hydrogen (secondary N) is 2. The van der Waals surface area contributed by atoms with Gasteiger partial charge in [-0.15, -0.1) is 0 Å². The fourth-order valence-electron chi connectivity index (χ4n) is 1.88. The third-order valence-electron chi connectivity index (χ3n) is 2.85. The minimum atomic E-state index is -0.837. The summed E-state index contributed by atoms with van der Waals surface area (Å²) in [5.41, 5.74) is 1.01. The minimum Gasteiger partial charge on any atom is -0.481 e. The van der Waals surface area contributed by atoms with Crippen LogP contribution in [0.1, 0.15) is 43.5 Å². The molecule has 2 amide bonds. The molecule has 1 aromatic carbocycles. The Morgan fingerprint density at radius 1 is 1.29 bits per heavy atom. The van der Waals surface area contributed by atoms with Gasteiger partial charge in [-0.25, -0.2) is 0 Å². The fourth-order valence-corrected chi connectivity index (χ4v) is 1.88. The number of carbonyl (C=O) groups excluding carboxylic acids is 2. The first kappa shape index (κ1) is 16.7. The van der Waals surface area contributed by atoms with Gasteiger partial charge in [-0.2, -0.15) is 0 Å². The van der Waals surface area contributed by atoms with E-state index in [0.717, 1.165) is 0 Å². The van der Waals surface area contributed by atoms with Gasteiger partial charge in [0.1, 0.15) is 0 Å². The summed E-state index contributed by atoms with van der Waals surface area (Å²) in [5, 5.41) is 14.0. The van der Waals surface area contributed by atoms with Crippen LogP contribution in [0.15, 0.2) is 24.3 Å². The molecule has 0 fully saturated rings. The second-order valence-electron chi connectivity index (χ2n) is 4.92. The summed E-state index contributed by atoms with van der Waals surface area (Å²) in [6, 6.07) is 6.54. The van der Waals surface area contributed by atoms with Crippen molar-refractivity contribution in [3.8, 4) is 0 Å². The molecule has 0 saturated heterocycles. The van der Waals surface area contributed by atoms with Crippen molar-refractivity contribution in [2.45, 2.75) is 39.2 Å². The first-order chi connectivity index (χ1) is 9.88. The number of carboxylic acid groups (broad SMARTS) is 1. The van der Waals surface area contributed by atoms with Gasteiger partial charge in [0.05, 0.1) is 0 Å². The topological polar surface area (TPSA) is 95.5 Å². The van der Waals surface area contributed by atoms with Gasteiger partial charge in [-0.05, 0) is 38.0 Å². The zero-order valence-electron chi connectivity index (χ0n) is 12.2. The smallest absolute Gasteiger partial charge is 0.303 e. The highest BCUT2D eigenvalue weighted by Gasteiger charge is 2.11. The standard InChI is InChI=1S/C15H20N2O4/c1-10(5-3-8-14(19)20)16-15(21)12-6-4-7-13(9-12)17-11(2)18/h4,6-7,9-10H,3,5,8H2,1-2H3,(H,16,21)(H,17,18)(H,19,20). The van der Waals surface area contributed by atoms with E-state index in [4.69, 9.17) is 5.11 Å². The van der Waals surface area contributed by atoms with Gasteiger partial charge in [0, 0.05) is 30.6 Å². The van der Waals surface area contributed by atoms with Gasteiger partial charge in [-0.1, -0.05) is 6.07 Å². The minimum absolute atomic E-state index is 0.0955. The van der Waals surface area contributed by atoms with Crippen molar-refractivity contribution in [2.75, 3.05) is 5.32 Å². The molecule has 1 atom stereocenters. The third kappa shape index (κ3) is 6.56. The Labute approximate surface area is 123 Å². The predicted octanol–water partition coefficient (Wildman–Crippen LogP) is 2.02. The van der Waals surface area contributed by atoms with E-state index in [1.807, 2.05) is 6.92 Å². The SMILES string of the molecule is CC(=O)Nc1cccc(C(=O)NC(C)CCCC(=O)O)c1. The molecule has 0 heterocycles. The normalized spacial score (nSPS) is 11.5. The van der Waals surface area contributed by atoms with Gasteiger partial charge >= 0.3 is 5.97 Å². The summed E-state index contributed by atoms with van der Waals surface area (Å²) in [7, 11) is 0. The third-order valence-corrected chi connectivity index (χ3v) is 2.85. The molecule has 0 aromatic heterocycles. The number of carboxylic acids is 1. The second-order valence-corrected chi connectivity index (χ2v) is 4.92. The first-order valence-corrected chi connectivity index (χ1v) is 6.79. The van der Waals surface area contributed by atoms with Gasteiger partial charge in [0.25, 0.3) is 5.91 Å². The number of hydrogen-bond donors (Lipinski definition) is 3. The number of benzene rings is 1. The number of rotatable bonds is 7. The number of amides is 2. The molecule has 0 radical (unpaired) electrons. The van der Waals surface area contributed by atoms with Crippen LogP contribution >= 0.6 is 0 Å². The molecule has 0 aliphatic carbocycles. The number of hydrogen-bond acceptors (Lipinski definition) is 3. The van der Waals surface area contributed by atoms with Gasteiger partial charge in [0.2, 0.25) is 5.91 Å². The van der Waals surface area contributed by atoms with E-state index in [9.17, 15) is 14.4 Å². The zero-order chi connectivity index (χ0) is 15.8. The van der Waals surface area contributed by atoms with Crippen molar-refractivity contribution < 1.29 is 19.5 Å². The molecule has 1 rings (SSSR count). The quantitative estimate of drug-likeness (QED) is 0.716. The van der Waals surface area contributed by atoms with Crippen LogP contribution in [0.25, 0.3) is 0 Å². The maximum Gasteiger partial charge on any atom is 0.303 e. The van der Waals surface area contributed by atoms with E-state index in [1.165, 1.54) is 6.92 Å². The van der Waals surface area contributed by atoms with Crippen LogP contribution in [0.3, 0.4) is 0 Å². The van der Waals surface area contributed by atoms with Gasteiger partial charge in [-0.3, -0.25) is 14.4 Å². The molecule has 6 heteroatoms. The molecule has 0 saturated carbocycles. The number of carbonyl (C=O) groups is 3. The summed E-state index contributed by atoms with van der Waals surface area (Å²) in [6.07, 6.45) is 1.21. The highest BCUT2D eigenvalue weighted by Crippen LogP contribution is 2.11. The highest BCUT2D eigenvalue weighted by atomic mass is 16.4. The molecule has 0 spiro atoms. The highest BCUT2D eigenvalue weighted by molar-refractivity contribution is 5.96. The van der Waals surface area contributed by atoms with Crippen molar-refractivity contribution in [1.29, 1.82) is 0 Å². The summed E-state index contributed by atoms with van der Waals surface area (Å²) in [4.78, 5) is 33.5. The molecule has 6 nitrogen and oxygen atoms in total. The molecule has 1 aromatic rings. The van der Waals surface area contributed by atoms with Crippen LogP contribution < -0.4 is 10.6 Å². The number of anilines is 1. The largest absolute Gasteiger partial charge is 0.481 e. The first-order valence-electron chi connectivity index (χ1n) is 6.79. The van der Waals surface area contributed by atoms with E-state index in [0.29, 0.717) is 24.1 Å². The Kier molecular flexibility index (Phi) is 6.39. The van der Waals surface area contributed by atoms with Crippen molar-refractivity contribution >= 4 is 23.5 Å². The van der Waals surface area contributed by atoms with Gasteiger partial charge in [0.15, 0.2) is 0 Å². The van der Waals surface area contributed by atoms with Crippen LogP contribution in [-0.2, 0) is 9.59 Å². The van der Waals surface area contributed by atoms with Crippen LogP contribution in [0.2, 0.25) is 0 Å². The van der Waals surface area contributed by atoms with Crippen LogP contribution in [-0.4, -0.2) is 28.9 Å². The summed E-state index contributed by atoms with van der Waals surface area (Å²) >= 11 is 0. The molecular weight excluding hydrogens is 272 g/mol. The van der Waals surface area contributed by atoms with E-state index < -0.39 is 5.97 Å². The average molecular weight is 292 g/mol. The van der Waals surface area contributed by atoms with E-state index in [-0.39, 0.29) is 24.3 Å². The maximum absolute atomic E-state index is 12.0. The van der Waals surface area contributed by atoms with Crippen molar-refractivity contribution in [3.63, 3.8) is 0 Å². The Bertz CT molecular complexity index is 528. The predicted molar refractivity (Wildman–Crippen MR) is 79.2 cm³/mol. The lowest BCUT2D eigenvalue weighted by Crippen LogP contribution is -2.32. The van der Waals surface area contributed by atoms with Gasteiger partial charge < -0.3 is 15.7 Å². The van der Waals surface area contributed by atoms with E-state index in [1.54, 1.807) is 24.3 Å². The lowest BCUT2D eigenvalue weighted by molar-refractivity contribution is -0.137. The van der Waals surface area contributed by atoms with Crippen LogP contribution in [0.4, 0.5) is 5.69 Å². The summed E-state index contributed by atoms with van der Waals surface area (Å²) < 4.78 is 0.